The van der Waals surface area contributed by atoms with Crippen LogP contribution in [0.3, 0.4) is 0 Å². The zero-order valence-corrected chi connectivity index (χ0v) is 9.11. The monoisotopic (exact) mass is 209 g/mol. The molecule has 84 valence electrons. The molecular formula is C11H19N3O. The molecule has 15 heavy (non-hydrogen) atoms. The van der Waals surface area contributed by atoms with Gasteiger partial charge in [-0.1, -0.05) is 0 Å². The van der Waals surface area contributed by atoms with Crippen LogP contribution in [0.1, 0.15) is 6.42 Å². The molecule has 4 nitrogen and oxygen atoms in total. The third kappa shape index (κ3) is 1.76. The lowest BCUT2D eigenvalue weighted by molar-refractivity contribution is -0.135. The van der Waals surface area contributed by atoms with E-state index in [-0.39, 0.29) is 0 Å². The second kappa shape index (κ2) is 3.76. The number of hydrogen-bond acceptors (Lipinski definition) is 3. The van der Waals surface area contributed by atoms with E-state index in [2.05, 4.69) is 10.2 Å². The van der Waals surface area contributed by atoms with Gasteiger partial charge in [0.25, 0.3) is 0 Å². The molecule has 0 saturated carbocycles. The Hall–Kier alpha value is -0.610. The van der Waals surface area contributed by atoms with Gasteiger partial charge in [-0.2, -0.15) is 0 Å². The van der Waals surface area contributed by atoms with Gasteiger partial charge in [-0.3, -0.25) is 9.69 Å². The van der Waals surface area contributed by atoms with Crippen molar-refractivity contribution in [3.63, 3.8) is 0 Å². The number of carbonyl (C=O) groups excluding carboxylic acids is 1. The third-order valence-corrected chi connectivity index (χ3v) is 4.03. The molecule has 0 aliphatic carbocycles. The zero-order valence-electron chi connectivity index (χ0n) is 9.11. The van der Waals surface area contributed by atoms with Crippen molar-refractivity contribution in [2.45, 2.75) is 6.42 Å². The van der Waals surface area contributed by atoms with Crippen LogP contribution < -0.4 is 5.32 Å². The smallest absolute Gasteiger partial charge is 0.236 e. The van der Waals surface area contributed by atoms with Gasteiger partial charge in [0.05, 0.1) is 6.54 Å². The standard InChI is InChI=1S/C11H19N3O/c15-11(14-2-1-3-14)8-13-6-9-4-12-5-10(9)7-13/h9-10,12H,1-8H2/t9-,10+. The summed E-state index contributed by atoms with van der Waals surface area (Å²) in [5, 5.41) is 3.42. The Morgan fingerprint density at radius 1 is 1.20 bits per heavy atom. The number of hydrogen-bond donors (Lipinski definition) is 1. The molecule has 3 fully saturated rings. The minimum absolute atomic E-state index is 0.342. The summed E-state index contributed by atoms with van der Waals surface area (Å²) in [6.07, 6.45) is 1.20. The van der Waals surface area contributed by atoms with Gasteiger partial charge >= 0.3 is 0 Å². The Labute approximate surface area is 90.6 Å². The number of rotatable bonds is 2. The lowest BCUT2D eigenvalue weighted by Gasteiger charge is -2.32. The van der Waals surface area contributed by atoms with E-state index in [1.54, 1.807) is 0 Å². The minimum Gasteiger partial charge on any atom is -0.341 e. The second-order valence-electron chi connectivity index (χ2n) is 5.11. The molecule has 3 rings (SSSR count). The summed E-state index contributed by atoms with van der Waals surface area (Å²) >= 11 is 0. The molecule has 3 saturated heterocycles. The second-order valence-corrected chi connectivity index (χ2v) is 5.11. The third-order valence-electron chi connectivity index (χ3n) is 4.03. The Morgan fingerprint density at radius 2 is 1.87 bits per heavy atom. The van der Waals surface area contributed by atoms with E-state index >= 15 is 0 Å². The summed E-state index contributed by atoms with van der Waals surface area (Å²) in [5.74, 6) is 1.94. The largest absolute Gasteiger partial charge is 0.341 e. The quantitative estimate of drug-likeness (QED) is 0.658. The average Bonchev–Trinajstić information content (AvgIpc) is 2.58. The van der Waals surface area contributed by atoms with Crippen LogP contribution in [-0.2, 0) is 4.79 Å². The number of amides is 1. The molecule has 0 spiro atoms. The first-order chi connectivity index (χ1) is 7.33. The van der Waals surface area contributed by atoms with Crippen LogP contribution in [-0.4, -0.2) is 61.5 Å². The Kier molecular flexibility index (Phi) is 2.41. The van der Waals surface area contributed by atoms with E-state index in [1.807, 2.05) is 4.90 Å². The maximum absolute atomic E-state index is 11.8. The van der Waals surface area contributed by atoms with Crippen LogP contribution in [0.25, 0.3) is 0 Å². The van der Waals surface area contributed by atoms with E-state index in [0.717, 1.165) is 51.1 Å². The van der Waals surface area contributed by atoms with Crippen LogP contribution in [0.15, 0.2) is 0 Å². The normalized spacial score (nSPS) is 35.3. The zero-order chi connectivity index (χ0) is 10.3. The van der Waals surface area contributed by atoms with Crippen molar-refractivity contribution in [3.05, 3.63) is 0 Å². The lowest BCUT2D eigenvalue weighted by Crippen LogP contribution is -2.47. The first-order valence-corrected chi connectivity index (χ1v) is 6.04. The molecule has 1 N–H and O–H groups in total. The van der Waals surface area contributed by atoms with E-state index in [0.29, 0.717) is 12.5 Å². The molecule has 4 heteroatoms. The SMILES string of the molecule is O=C(CN1C[C@H]2CNC[C@H]2C1)N1CCC1. The number of carbonyl (C=O) groups is 1. The van der Waals surface area contributed by atoms with Gasteiger partial charge in [0.1, 0.15) is 0 Å². The summed E-state index contributed by atoms with van der Waals surface area (Å²) < 4.78 is 0. The topological polar surface area (TPSA) is 35.6 Å². The van der Waals surface area contributed by atoms with Crippen molar-refractivity contribution in [2.75, 3.05) is 45.8 Å². The number of fused-ring (bicyclic) bond motifs is 1. The van der Waals surface area contributed by atoms with Gasteiger partial charge in [-0.05, 0) is 31.3 Å². The molecule has 0 radical (unpaired) electrons. The Bertz CT molecular complexity index is 253. The molecule has 0 aromatic heterocycles. The summed E-state index contributed by atoms with van der Waals surface area (Å²) in [4.78, 5) is 16.1. The summed E-state index contributed by atoms with van der Waals surface area (Å²) in [7, 11) is 0. The molecule has 0 aromatic rings. The number of nitrogens with zero attached hydrogens (tertiary/aromatic N) is 2. The molecule has 1 amide bonds. The highest BCUT2D eigenvalue weighted by Crippen LogP contribution is 2.26. The molecule has 3 heterocycles. The highest BCUT2D eigenvalue weighted by atomic mass is 16.2. The average molecular weight is 209 g/mol. The fourth-order valence-corrected chi connectivity index (χ4v) is 2.94. The molecule has 2 atom stereocenters. The molecule has 0 bridgehead atoms. The fraction of sp³-hybridized carbons (Fsp3) is 0.909. The van der Waals surface area contributed by atoms with Crippen LogP contribution in [0.2, 0.25) is 0 Å². The van der Waals surface area contributed by atoms with Crippen LogP contribution in [0, 0.1) is 11.8 Å². The van der Waals surface area contributed by atoms with Crippen molar-refractivity contribution in [1.82, 2.24) is 15.1 Å². The van der Waals surface area contributed by atoms with Crippen molar-refractivity contribution in [1.29, 1.82) is 0 Å². The maximum atomic E-state index is 11.8. The number of nitrogens with one attached hydrogen (secondary N) is 1. The first-order valence-electron chi connectivity index (χ1n) is 6.04. The van der Waals surface area contributed by atoms with Crippen molar-refractivity contribution in [3.8, 4) is 0 Å². The molecule has 0 unspecified atom stereocenters. The van der Waals surface area contributed by atoms with E-state index < -0.39 is 0 Å². The van der Waals surface area contributed by atoms with Gasteiger partial charge in [-0.25, -0.2) is 0 Å². The maximum Gasteiger partial charge on any atom is 0.236 e. The van der Waals surface area contributed by atoms with Crippen LogP contribution in [0.5, 0.6) is 0 Å². The van der Waals surface area contributed by atoms with Crippen LogP contribution >= 0.6 is 0 Å². The Morgan fingerprint density at radius 3 is 2.40 bits per heavy atom. The van der Waals surface area contributed by atoms with E-state index in [9.17, 15) is 4.79 Å². The highest BCUT2D eigenvalue weighted by molar-refractivity contribution is 5.78. The van der Waals surface area contributed by atoms with Gasteiger partial charge in [0.15, 0.2) is 0 Å². The van der Waals surface area contributed by atoms with Gasteiger partial charge < -0.3 is 10.2 Å². The van der Waals surface area contributed by atoms with Gasteiger partial charge in [0.2, 0.25) is 5.91 Å². The lowest BCUT2D eigenvalue weighted by atomic mass is 10.0. The highest BCUT2D eigenvalue weighted by Gasteiger charge is 2.37. The molecule has 3 aliphatic rings. The van der Waals surface area contributed by atoms with Crippen molar-refractivity contribution in [2.24, 2.45) is 11.8 Å². The Balaban J connectivity index is 1.50. The van der Waals surface area contributed by atoms with E-state index in [1.165, 1.54) is 6.42 Å². The molecular weight excluding hydrogens is 190 g/mol. The predicted octanol–water partition coefficient (Wildman–Crippen LogP) is -0.630. The molecule has 0 aromatic carbocycles. The summed E-state index contributed by atoms with van der Waals surface area (Å²) in [6.45, 7) is 7.18. The van der Waals surface area contributed by atoms with Gasteiger partial charge in [0, 0.05) is 26.2 Å². The minimum atomic E-state index is 0.342. The summed E-state index contributed by atoms with van der Waals surface area (Å²) in [6, 6.07) is 0. The van der Waals surface area contributed by atoms with Crippen LogP contribution in [0.4, 0.5) is 0 Å². The predicted molar refractivity (Wildman–Crippen MR) is 57.5 cm³/mol. The molecule has 3 aliphatic heterocycles. The van der Waals surface area contributed by atoms with Gasteiger partial charge in [-0.15, -0.1) is 0 Å². The van der Waals surface area contributed by atoms with Crippen molar-refractivity contribution >= 4 is 5.91 Å². The number of likely N-dealkylation sites (tertiary alicyclic amines) is 2. The van der Waals surface area contributed by atoms with E-state index in [4.69, 9.17) is 0 Å². The fourth-order valence-electron chi connectivity index (χ4n) is 2.94. The summed E-state index contributed by atoms with van der Waals surface area (Å²) in [5.41, 5.74) is 0. The van der Waals surface area contributed by atoms with Crippen molar-refractivity contribution < 1.29 is 4.79 Å². The first kappa shape index (κ1) is 9.60.